The number of carbonyl (C=O) groups excluding carboxylic acids is 1. The predicted molar refractivity (Wildman–Crippen MR) is 278 cm³/mol. The van der Waals surface area contributed by atoms with Crippen LogP contribution in [0, 0.1) is 0 Å². The van der Waals surface area contributed by atoms with Gasteiger partial charge in [-0.15, -0.1) is 0 Å². The summed E-state index contributed by atoms with van der Waals surface area (Å²) in [5.41, 5.74) is 0. The van der Waals surface area contributed by atoms with Gasteiger partial charge in [-0.1, -0.05) is 288 Å². The van der Waals surface area contributed by atoms with Gasteiger partial charge in [-0.3, -0.25) is 4.79 Å². The number of unbranched alkanes of at least 4 members (excludes halogenated alkanes) is 40. The summed E-state index contributed by atoms with van der Waals surface area (Å²) < 4.78 is 0. The molecule has 0 rings (SSSR count). The van der Waals surface area contributed by atoms with Crippen LogP contribution in [0.25, 0.3) is 0 Å². The summed E-state index contributed by atoms with van der Waals surface area (Å²) in [6.07, 6.45) is 69.3. The largest absolute Gasteiger partial charge is 0.394 e. The summed E-state index contributed by atoms with van der Waals surface area (Å²) in [7, 11) is 0. The van der Waals surface area contributed by atoms with Gasteiger partial charge >= 0.3 is 0 Å². The summed E-state index contributed by atoms with van der Waals surface area (Å²) in [5.74, 6) is -0.501. The number of hydrogen-bond acceptors (Lipinski definition) is 4. The lowest BCUT2D eigenvalue weighted by Crippen LogP contribution is -2.48. The Bertz CT molecular complexity index is 978. The topological polar surface area (TPSA) is 89.8 Å². The summed E-state index contributed by atoms with van der Waals surface area (Å²) in [4.78, 5) is 12.6. The molecule has 0 aliphatic rings. The summed E-state index contributed by atoms with van der Waals surface area (Å²) in [6, 6.07) is -0.799. The van der Waals surface area contributed by atoms with Crippen molar-refractivity contribution in [2.24, 2.45) is 0 Å². The Hall–Kier alpha value is -1.43. The first-order valence-electron chi connectivity index (χ1n) is 28.3. The van der Waals surface area contributed by atoms with Crippen LogP contribution in [0.4, 0.5) is 0 Å². The molecule has 0 aromatic heterocycles. The van der Waals surface area contributed by atoms with E-state index >= 15 is 0 Å². The van der Waals surface area contributed by atoms with Crippen LogP contribution >= 0.6 is 0 Å². The van der Waals surface area contributed by atoms with Crippen molar-refractivity contribution in [3.8, 4) is 0 Å². The number of nitrogens with one attached hydrogen (secondary N) is 1. The minimum Gasteiger partial charge on any atom is -0.394 e. The molecule has 372 valence electrons. The first kappa shape index (κ1) is 61.6. The number of aliphatic hydroxyl groups excluding tert-OH is 3. The molecule has 0 radical (unpaired) electrons. The zero-order valence-electron chi connectivity index (χ0n) is 42.5. The predicted octanol–water partition coefficient (Wildman–Crippen LogP) is 17.4. The molecule has 63 heavy (non-hydrogen) atoms. The van der Waals surface area contributed by atoms with Gasteiger partial charge in [-0.2, -0.15) is 0 Å². The first-order valence-corrected chi connectivity index (χ1v) is 28.3. The Labute approximate surface area is 394 Å². The number of hydrogen-bond donors (Lipinski definition) is 4. The lowest BCUT2D eigenvalue weighted by molar-refractivity contribution is -0.131. The fourth-order valence-corrected chi connectivity index (χ4v) is 8.81. The standard InChI is InChI=1S/C58H111NO4/c1-3-5-7-9-11-13-15-17-19-21-23-25-26-27-28-29-30-31-33-35-37-39-41-43-45-47-49-51-53-57(62)58(63)59-55(54-60)56(61)52-50-48-46-44-42-40-38-36-34-32-24-22-20-18-16-14-12-10-8-6-4-2/h23,25,27-28,50,52,55-57,60-62H,3-22,24,26,29-49,51,53-54H2,1-2H3,(H,59,63)/b25-23-,28-27-,52-50+. The highest BCUT2D eigenvalue weighted by molar-refractivity contribution is 5.80. The number of rotatable bonds is 52. The van der Waals surface area contributed by atoms with Crippen LogP contribution in [0.1, 0.15) is 303 Å². The molecule has 0 aliphatic carbocycles. The smallest absolute Gasteiger partial charge is 0.249 e. The maximum absolute atomic E-state index is 12.6. The molecule has 0 aromatic rings. The molecule has 4 N–H and O–H groups in total. The molecule has 5 heteroatoms. The van der Waals surface area contributed by atoms with E-state index in [1.165, 1.54) is 244 Å². The number of amides is 1. The van der Waals surface area contributed by atoms with Crippen molar-refractivity contribution in [3.05, 3.63) is 36.5 Å². The molecular formula is C58H111NO4. The summed E-state index contributed by atoms with van der Waals surface area (Å²) in [6.45, 7) is 4.21. The Morgan fingerprint density at radius 1 is 0.397 bits per heavy atom. The van der Waals surface area contributed by atoms with Crippen LogP contribution in [-0.4, -0.2) is 46.1 Å². The van der Waals surface area contributed by atoms with Gasteiger partial charge < -0.3 is 20.6 Å². The lowest BCUT2D eigenvalue weighted by atomic mass is 10.0. The lowest BCUT2D eigenvalue weighted by Gasteiger charge is -2.21. The highest BCUT2D eigenvalue weighted by Crippen LogP contribution is 2.17. The highest BCUT2D eigenvalue weighted by atomic mass is 16.3. The minimum absolute atomic E-state index is 0.363. The fourth-order valence-electron chi connectivity index (χ4n) is 8.81. The van der Waals surface area contributed by atoms with E-state index in [-0.39, 0.29) is 6.61 Å². The van der Waals surface area contributed by atoms with Crippen molar-refractivity contribution in [3.63, 3.8) is 0 Å². The molecule has 0 spiro atoms. The van der Waals surface area contributed by atoms with Gasteiger partial charge in [0, 0.05) is 0 Å². The third kappa shape index (κ3) is 48.3. The molecule has 0 aromatic carbocycles. The van der Waals surface area contributed by atoms with Crippen molar-refractivity contribution >= 4 is 5.91 Å². The second kappa shape index (κ2) is 53.2. The van der Waals surface area contributed by atoms with Crippen LogP contribution < -0.4 is 5.32 Å². The molecule has 1 amide bonds. The van der Waals surface area contributed by atoms with Crippen LogP contribution in [-0.2, 0) is 4.79 Å². The summed E-state index contributed by atoms with van der Waals surface area (Å²) >= 11 is 0. The average Bonchev–Trinajstić information content (AvgIpc) is 3.29. The second-order valence-electron chi connectivity index (χ2n) is 19.5. The third-order valence-corrected chi connectivity index (χ3v) is 13.2. The molecule has 3 unspecified atom stereocenters. The normalized spacial score (nSPS) is 13.5. The zero-order valence-corrected chi connectivity index (χ0v) is 42.5. The van der Waals surface area contributed by atoms with E-state index in [2.05, 4.69) is 43.5 Å². The van der Waals surface area contributed by atoms with Gasteiger partial charge in [0.15, 0.2) is 0 Å². The van der Waals surface area contributed by atoms with Crippen molar-refractivity contribution in [2.75, 3.05) is 6.61 Å². The quantitative estimate of drug-likeness (QED) is 0.0362. The summed E-state index contributed by atoms with van der Waals surface area (Å²) in [5, 5.41) is 33.4. The molecule has 0 aliphatic heterocycles. The van der Waals surface area contributed by atoms with Crippen molar-refractivity contribution in [2.45, 2.75) is 321 Å². The molecule has 0 fully saturated rings. The first-order chi connectivity index (χ1) is 31.1. The minimum atomic E-state index is -1.10. The van der Waals surface area contributed by atoms with E-state index in [0.29, 0.717) is 6.42 Å². The van der Waals surface area contributed by atoms with Gasteiger partial charge in [-0.25, -0.2) is 0 Å². The molecule has 0 heterocycles. The molecule has 5 nitrogen and oxygen atoms in total. The SMILES string of the molecule is CCCCCCCCCCC/C=C\C/C=C\CCCCCCCCCCCCCCC(O)C(=O)NC(CO)C(O)/C=C/CCCCCCCCCCCCCCCCCCCCC. The molecule has 3 atom stereocenters. The average molecular weight is 887 g/mol. The van der Waals surface area contributed by atoms with E-state index in [1.807, 2.05) is 6.08 Å². The number of allylic oxidation sites excluding steroid dienone is 5. The van der Waals surface area contributed by atoms with Crippen LogP contribution in [0.3, 0.4) is 0 Å². The van der Waals surface area contributed by atoms with Crippen LogP contribution in [0.5, 0.6) is 0 Å². The van der Waals surface area contributed by atoms with Gasteiger partial charge in [0.1, 0.15) is 6.10 Å². The fraction of sp³-hybridized carbons (Fsp3) is 0.879. The van der Waals surface area contributed by atoms with Crippen molar-refractivity contribution in [1.29, 1.82) is 0 Å². The Balaban J connectivity index is 3.58. The van der Waals surface area contributed by atoms with Crippen LogP contribution in [0.15, 0.2) is 36.5 Å². The molecular weight excluding hydrogens is 775 g/mol. The Morgan fingerprint density at radius 3 is 1.00 bits per heavy atom. The van der Waals surface area contributed by atoms with E-state index < -0.39 is 24.2 Å². The molecule has 0 saturated carbocycles. The maximum Gasteiger partial charge on any atom is 0.249 e. The number of aliphatic hydroxyl groups is 3. The van der Waals surface area contributed by atoms with Gasteiger partial charge in [0.25, 0.3) is 0 Å². The Morgan fingerprint density at radius 2 is 0.683 bits per heavy atom. The van der Waals surface area contributed by atoms with Gasteiger partial charge in [0.2, 0.25) is 5.91 Å². The Kier molecular flexibility index (Phi) is 52.0. The van der Waals surface area contributed by atoms with Crippen molar-refractivity contribution < 1.29 is 20.1 Å². The van der Waals surface area contributed by atoms with E-state index in [9.17, 15) is 20.1 Å². The monoisotopic (exact) mass is 886 g/mol. The van der Waals surface area contributed by atoms with E-state index in [1.54, 1.807) is 6.08 Å². The molecule has 0 bridgehead atoms. The van der Waals surface area contributed by atoms with E-state index in [4.69, 9.17) is 0 Å². The van der Waals surface area contributed by atoms with Crippen LogP contribution in [0.2, 0.25) is 0 Å². The van der Waals surface area contributed by atoms with E-state index in [0.717, 1.165) is 38.5 Å². The molecule has 0 saturated heterocycles. The number of carbonyl (C=O) groups is 1. The third-order valence-electron chi connectivity index (χ3n) is 13.2. The van der Waals surface area contributed by atoms with Gasteiger partial charge in [-0.05, 0) is 51.4 Å². The van der Waals surface area contributed by atoms with Crippen molar-refractivity contribution in [1.82, 2.24) is 5.32 Å². The maximum atomic E-state index is 12.6. The zero-order chi connectivity index (χ0) is 45.8. The highest BCUT2D eigenvalue weighted by Gasteiger charge is 2.22. The van der Waals surface area contributed by atoms with Gasteiger partial charge in [0.05, 0.1) is 18.8 Å². The second-order valence-corrected chi connectivity index (χ2v) is 19.5.